The van der Waals surface area contributed by atoms with E-state index in [4.69, 9.17) is 32.7 Å². The van der Waals surface area contributed by atoms with Crippen molar-refractivity contribution in [3.8, 4) is 11.5 Å². The first kappa shape index (κ1) is 22.7. The minimum absolute atomic E-state index is 0.359. The molecule has 0 saturated heterocycles. The topological polar surface area (TPSA) is 64.8 Å². The lowest BCUT2D eigenvalue weighted by molar-refractivity contribution is 0.0952. The van der Waals surface area contributed by atoms with Crippen LogP contribution in [0.3, 0.4) is 0 Å². The summed E-state index contributed by atoms with van der Waals surface area (Å²) < 4.78 is 12.6. The van der Waals surface area contributed by atoms with Gasteiger partial charge >= 0.3 is 0 Å². The van der Waals surface area contributed by atoms with Gasteiger partial charge in [0.05, 0.1) is 36.0 Å². The van der Waals surface area contributed by atoms with Gasteiger partial charge in [-0.05, 0) is 35.9 Å². The molecule has 33 heavy (non-hydrogen) atoms. The lowest BCUT2D eigenvalue weighted by Gasteiger charge is -2.08. The lowest BCUT2D eigenvalue weighted by Crippen LogP contribution is -2.18. The second-order valence-corrected chi connectivity index (χ2v) is 8.06. The van der Waals surface area contributed by atoms with E-state index >= 15 is 0 Å². The molecular weight excluding hydrogens is 461 g/mol. The van der Waals surface area contributed by atoms with Gasteiger partial charge in [-0.25, -0.2) is 5.43 Å². The summed E-state index contributed by atoms with van der Waals surface area (Å²) >= 11 is 12.2. The van der Waals surface area contributed by atoms with Gasteiger partial charge in [0, 0.05) is 35.3 Å². The van der Waals surface area contributed by atoms with Gasteiger partial charge in [-0.2, -0.15) is 5.10 Å². The molecule has 1 heterocycles. The zero-order valence-electron chi connectivity index (χ0n) is 18.0. The minimum atomic E-state index is -0.384. The standard InChI is InChI=1S/C25H21Cl2N3O3/c1-32-18-8-9-20(24(12-18)33-2)25(31)29-28-13-17-15-30(23-6-4-3-5-19(17)23)14-16-7-10-21(26)22(27)11-16/h3-13,15H,14H2,1-2H3,(H,29,31). The number of nitrogens with one attached hydrogen (secondary N) is 1. The summed E-state index contributed by atoms with van der Waals surface area (Å²) in [4.78, 5) is 12.6. The lowest BCUT2D eigenvalue weighted by atomic mass is 10.2. The van der Waals surface area contributed by atoms with E-state index in [0.29, 0.717) is 33.7 Å². The number of methoxy groups -OCH3 is 2. The number of nitrogens with zero attached hydrogens (tertiary/aromatic N) is 2. The molecule has 1 aromatic heterocycles. The third-order valence-electron chi connectivity index (χ3n) is 5.18. The maximum atomic E-state index is 12.6. The Hall–Kier alpha value is -3.48. The number of amides is 1. The molecule has 0 aliphatic heterocycles. The molecule has 4 rings (SSSR count). The predicted octanol–water partition coefficient (Wildman–Crippen LogP) is 5.78. The summed E-state index contributed by atoms with van der Waals surface area (Å²) in [7, 11) is 3.05. The molecule has 4 aromatic rings. The van der Waals surface area contributed by atoms with Crippen molar-refractivity contribution in [3.63, 3.8) is 0 Å². The maximum Gasteiger partial charge on any atom is 0.275 e. The van der Waals surface area contributed by atoms with Crippen LogP contribution in [0.4, 0.5) is 0 Å². The van der Waals surface area contributed by atoms with E-state index in [2.05, 4.69) is 15.1 Å². The van der Waals surface area contributed by atoms with Crippen molar-refractivity contribution >= 4 is 46.2 Å². The number of fused-ring (bicyclic) bond motifs is 1. The fraction of sp³-hybridized carbons (Fsp3) is 0.120. The van der Waals surface area contributed by atoms with E-state index in [0.717, 1.165) is 22.0 Å². The van der Waals surface area contributed by atoms with Crippen molar-refractivity contribution in [3.05, 3.63) is 93.6 Å². The number of para-hydroxylation sites is 1. The largest absolute Gasteiger partial charge is 0.497 e. The van der Waals surface area contributed by atoms with Crippen LogP contribution in [0.15, 0.2) is 72.0 Å². The van der Waals surface area contributed by atoms with E-state index in [9.17, 15) is 4.79 Å². The first-order chi connectivity index (χ1) is 16.0. The molecule has 0 saturated carbocycles. The fourth-order valence-electron chi connectivity index (χ4n) is 3.55. The predicted molar refractivity (Wildman–Crippen MR) is 132 cm³/mol. The van der Waals surface area contributed by atoms with Crippen molar-refractivity contribution in [2.75, 3.05) is 14.2 Å². The number of ether oxygens (including phenoxy) is 2. The van der Waals surface area contributed by atoms with Gasteiger partial charge in [-0.3, -0.25) is 4.79 Å². The molecule has 0 aliphatic rings. The van der Waals surface area contributed by atoms with Gasteiger partial charge in [0.25, 0.3) is 5.91 Å². The van der Waals surface area contributed by atoms with Crippen molar-refractivity contribution in [2.24, 2.45) is 5.10 Å². The number of halogens is 2. The van der Waals surface area contributed by atoms with Crippen molar-refractivity contribution in [2.45, 2.75) is 6.54 Å². The summed E-state index contributed by atoms with van der Waals surface area (Å²) in [6, 6.07) is 18.5. The first-order valence-electron chi connectivity index (χ1n) is 10.1. The molecule has 1 amide bonds. The van der Waals surface area contributed by atoms with E-state index < -0.39 is 0 Å². The normalized spacial score (nSPS) is 11.2. The summed E-state index contributed by atoms with van der Waals surface area (Å²) in [6.07, 6.45) is 3.61. The summed E-state index contributed by atoms with van der Waals surface area (Å²) in [5.41, 5.74) is 5.85. The van der Waals surface area contributed by atoms with Gasteiger partial charge < -0.3 is 14.0 Å². The van der Waals surface area contributed by atoms with Crippen molar-refractivity contribution in [1.82, 2.24) is 9.99 Å². The van der Waals surface area contributed by atoms with E-state index in [1.165, 1.54) is 7.11 Å². The number of benzene rings is 3. The highest BCUT2D eigenvalue weighted by molar-refractivity contribution is 6.42. The highest BCUT2D eigenvalue weighted by Crippen LogP contribution is 2.26. The van der Waals surface area contributed by atoms with Crippen LogP contribution in [0.1, 0.15) is 21.5 Å². The molecule has 0 bridgehead atoms. The number of hydrogen-bond acceptors (Lipinski definition) is 4. The molecular formula is C25H21Cl2N3O3. The second-order valence-electron chi connectivity index (χ2n) is 7.24. The smallest absolute Gasteiger partial charge is 0.275 e. The number of hydrazone groups is 1. The highest BCUT2D eigenvalue weighted by atomic mass is 35.5. The highest BCUT2D eigenvalue weighted by Gasteiger charge is 2.13. The van der Waals surface area contributed by atoms with E-state index in [1.54, 1.807) is 37.6 Å². The van der Waals surface area contributed by atoms with Crippen LogP contribution < -0.4 is 14.9 Å². The van der Waals surface area contributed by atoms with Gasteiger partial charge in [-0.15, -0.1) is 0 Å². The third kappa shape index (κ3) is 4.97. The fourth-order valence-corrected chi connectivity index (χ4v) is 3.87. The molecule has 0 aliphatic carbocycles. The number of hydrogen-bond donors (Lipinski definition) is 1. The van der Waals surface area contributed by atoms with Crippen LogP contribution in [0.2, 0.25) is 10.0 Å². The van der Waals surface area contributed by atoms with Crippen molar-refractivity contribution in [1.29, 1.82) is 0 Å². The molecule has 0 unspecified atom stereocenters. The maximum absolute atomic E-state index is 12.6. The van der Waals surface area contributed by atoms with Crippen LogP contribution in [0.25, 0.3) is 10.9 Å². The summed E-state index contributed by atoms with van der Waals surface area (Å²) in [6.45, 7) is 0.612. The van der Waals surface area contributed by atoms with Crippen LogP contribution in [-0.4, -0.2) is 30.9 Å². The zero-order chi connectivity index (χ0) is 23.4. The number of carbonyl (C=O) groups excluding carboxylic acids is 1. The average Bonchev–Trinajstić information content (AvgIpc) is 3.18. The Bertz CT molecular complexity index is 1350. The van der Waals surface area contributed by atoms with E-state index in [-0.39, 0.29) is 5.91 Å². The monoisotopic (exact) mass is 481 g/mol. The Labute approximate surface area is 201 Å². The number of aromatic nitrogens is 1. The number of rotatable bonds is 7. The van der Waals surface area contributed by atoms with Crippen molar-refractivity contribution < 1.29 is 14.3 Å². The molecule has 3 aromatic carbocycles. The van der Waals surface area contributed by atoms with Gasteiger partial charge in [0.15, 0.2) is 0 Å². The number of carbonyl (C=O) groups is 1. The SMILES string of the molecule is COc1ccc(C(=O)NN=Cc2cn(Cc3ccc(Cl)c(Cl)c3)c3ccccc23)c(OC)c1. The quantitative estimate of drug-likeness (QED) is 0.268. The Balaban J connectivity index is 1.56. The van der Waals surface area contributed by atoms with Crippen LogP contribution >= 0.6 is 23.2 Å². The van der Waals surface area contributed by atoms with Crippen LogP contribution in [0, 0.1) is 0 Å². The third-order valence-corrected chi connectivity index (χ3v) is 5.92. The molecule has 0 radical (unpaired) electrons. The molecule has 0 fully saturated rings. The van der Waals surface area contributed by atoms with Gasteiger partial charge in [0.2, 0.25) is 0 Å². The van der Waals surface area contributed by atoms with Gasteiger partial charge in [-0.1, -0.05) is 47.5 Å². The Kier molecular flexibility index (Phi) is 6.87. The molecule has 0 spiro atoms. The summed E-state index contributed by atoms with van der Waals surface area (Å²) in [5.74, 6) is 0.618. The zero-order valence-corrected chi connectivity index (χ0v) is 19.5. The van der Waals surface area contributed by atoms with Gasteiger partial charge in [0.1, 0.15) is 11.5 Å². The summed E-state index contributed by atoms with van der Waals surface area (Å²) in [5, 5.41) is 6.22. The minimum Gasteiger partial charge on any atom is -0.497 e. The van der Waals surface area contributed by atoms with Crippen LogP contribution in [-0.2, 0) is 6.54 Å². The van der Waals surface area contributed by atoms with Crippen LogP contribution in [0.5, 0.6) is 11.5 Å². The molecule has 6 nitrogen and oxygen atoms in total. The Morgan fingerprint density at radius 3 is 2.61 bits per heavy atom. The average molecular weight is 482 g/mol. The molecule has 0 atom stereocenters. The molecule has 168 valence electrons. The first-order valence-corrected chi connectivity index (χ1v) is 10.8. The second kappa shape index (κ2) is 9.98. The Morgan fingerprint density at radius 2 is 1.85 bits per heavy atom. The van der Waals surface area contributed by atoms with E-state index in [1.807, 2.05) is 42.6 Å². The molecule has 1 N–H and O–H groups in total. The Morgan fingerprint density at radius 1 is 1.03 bits per heavy atom. The molecule has 8 heteroatoms.